The van der Waals surface area contributed by atoms with Crippen LogP contribution in [0.15, 0.2) is 18.3 Å². The molecule has 0 amide bonds. The largest absolute Gasteiger partial charge is 0.351 e. The molecule has 1 rings (SSSR count). The third kappa shape index (κ3) is 0.834. The first-order valence-corrected chi connectivity index (χ1v) is 2.75. The van der Waals surface area contributed by atoms with Crippen LogP contribution in [-0.4, -0.2) is 4.57 Å². The first kappa shape index (κ1) is 4.86. The van der Waals surface area contributed by atoms with E-state index in [9.17, 15) is 0 Å². The van der Waals surface area contributed by atoms with Crippen LogP contribution in [-0.2, 0) is 7.05 Å². The second kappa shape index (κ2) is 1.67. The lowest BCUT2D eigenvalue weighted by Gasteiger charge is -1.89. The van der Waals surface area contributed by atoms with E-state index in [0.29, 0.717) is 0 Å². The van der Waals surface area contributed by atoms with Gasteiger partial charge in [0.25, 0.3) is 0 Å². The van der Waals surface area contributed by atoms with Crippen molar-refractivity contribution < 1.29 is 0 Å². The highest BCUT2D eigenvalue weighted by atomic mass is 31.0. The summed E-state index contributed by atoms with van der Waals surface area (Å²) in [6, 6.07) is 4.06. The van der Waals surface area contributed by atoms with Crippen molar-refractivity contribution in [1.29, 1.82) is 0 Å². The minimum atomic E-state index is 1.22. The van der Waals surface area contributed by atoms with E-state index in [2.05, 4.69) is 9.24 Å². The van der Waals surface area contributed by atoms with Crippen LogP contribution < -0.4 is 5.44 Å². The molecule has 0 aromatic carbocycles. The minimum absolute atomic E-state index is 1.22. The highest BCUT2D eigenvalue weighted by Crippen LogP contribution is 1.87. The van der Waals surface area contributed by atoms with Crippen molar-refractivity contribution in [3.63, 3.8) is 0 Å². The molecular weight excluding hydrogens is 105 g/mol. The molecule has 0 aliphatic rings. The molecule has 0 saturated carbocycles. The molecule has 1 aromatic heterocycles. The molecule has 0 N–H and O–H groups in total. The Morgan fingerprint density at radius 3 is 2.57 bits per heavy atom. The van der Waals surface area contributed by atoms with Crippen molar-refractivity contribution in [3.05, 3.63) is 18.3 Å². The molecule has 0 aliphatic carbocycles. The van der Waals surface area contributed by atoms with Gasteiger partial charge in [-0.1, -0.05) is 9.24 Å². The molecule has 0 bridgehead atoms. The normalized spacial score (nSPS) is 9.43. The molecule has 2 heteroatoms. The lowest BCUT2D eigenvalue weighted by atomic mass is 10.7. The van der Waals surface area contributed by atoms with Crippen LogP contribution in [0.5, 0.6) is 0 Å². The summed E-state index contributed by atoms with van der Waals surface area (Å²) in [5.41, 5.74) is 1.22. The molecule has 1 heterocycles. The average molecular weight is 113 g/mol. The van der Waals surface area contributed by atoms with E-state index in [1.54, 1.807) is 0 Å². The maximum Gasteiger partial charge on any atom is 0.0344 e. The lowest BCUT2D eigenvalue weighted by Crippen LogP contribution is -2.00. The molecular formula is C5H8NP. The molecule has 0 fully saturated rings. The summed E-state index contributed by atoms with van der Waals surface area (Å²) in [5, 5.41) is 0. The van der Waals surface area contributed by atoms with Crippen molar-refractivity contribution in [1.82, 2.24) is 4.57 Å². The van der Waals surface area contributed by atoms with Gasteiger partial charge < -0.3 is 4.57 Å². The molecule has 1 unspecified atom stereocenters. The zero-order valence-corrected chi connectivity index (χ0v) is 5.41. The Bertz CT molecular complexity index is 140. The SMILES string of the molecule is Cn1cccc1P. The van der Waals surface area contributed by atoms with E-state index < -0.39 is 0 Å². The Labute approximate surface area is 45.5 Å². The number of hydrogen-bond acceptors (Lipinski definition) is 0. The first-order chi connectivity index (χ1) is 3.30. The van der Waals surface area contributed by atoms with Gasteiger partial charge in [0.2, 0.25) is 0 Å². The molecule has 1 aromatic rings. The number of rotatable bonds is 0. The average Bonchev–Trinajstić information content (AvgIpc) is 1.91. The zero-order chi connectivity index (χ0) is 5.28. The Morgan fingerprint density at radius 1 is 1.71 bits per heavy atom. The van der Waals surface area contributed by atoms with Gasteiger partial charge in [-0.25, -0.2) is 0 Å². The minimum Gasteiger partial charge on any atom is -0.351 e. The molecule has 0 saturated heterocycles. The third-order valence-corrected chi connectivity index (χ3v) is 1.58. The van der Waals surface area contributed by atoms with E-state index in [0.717, 1.165) is 0 Å². The van der Waals surface area contributed by atoms with Gasteiger partial charge in [-0.05, 0) is 12.1 Å². The Balaban J connectivity index is 3.12. The lowest BCUT2D eigenvalue weighted by molar-refractivity contribution is 0.961. The molecule has 7 heavy (non-hydrogen) atoms. The Kier molecular flexibility index (Phi) is 1.16. The smallest absolute Gasteiger partial charge is 0.0344 e. The predicted molar refractivity (Wildman–Crippen MR) is 34.8 cm³/mol. The standard InChI is InChI=1S/C5H8NP/c1-6-4-2-3-5(6)7/h2-4H,7H2,1H3. The molecule has 1 nitrogen and oxygen atoms in total. The van der Waals surface area contributed by atoms with Crippen LogP contribution in [0, 0.1) is 0 Å². The van der Waals surface area contributed by atoms with Crippen LogP contribution in [0.3, 0.4) is 0 Å². The fourth-order valence-corrected chi connectivity index (χ4v) is 0.672. The third-order valence-electron chi connectivity index (χ3n) is 0.984. The highest BCUT2D eigenvalue weighted by molar-refractivity contribution is 7.27. The van der Waals surface area contributed by atoms with Crippen molar-refractivity contribution in [2.24, 2.45) is 7.05 Å². The summed E-state index contributed by atoms with van der Waals surface area (Å²) in [7, 11) is 4.65. The van der Waals surface area contributed by atoms with Gasteiger partial charge >= 0.3 is 0 Å². The number of aryl methyl sites for hydroxylation is 1. The fraction of sp³-hybridized carbons (Fsp3) is 0.200. The van der Waals surface area contributed by atoms with E-state index in [-0.39, 0.29) is 0 Å². The number of aromatic nitrogens is 1. The summed E-state index contributed by atoms with van der Waals surface area (Å²) >= 11 is 0. The van der Waals surface area contributed by atoms with Crippen molar-refractivity contribution in [3.8, 4) is 0 Å². The zero-order valence-electron chi connectivity index (χ0n) is 4.26. The summed E-state index contributed by atoms with van der Waals surface area (Å²) in [6.07, 6.45) is 2.02. The second-order valence-corrected chi connectivity index (χ2v) is 2.14. The highest BCUT2D eigenvalue weighted by Gasteiger charge is 1.82. The first-order valence-electron chi connectivity index (χ1n) is 2.17. The van der Waals surface area contributed by atoms with Crippen molar-refractivity contribution in [2.45, 2.75) is 0 Å². The summed E-state index contributed by atoms with van der Waals surface area (Å²) in [6.45, 7) is 0. The van der Waals surface area contributed by atoms with Crippen LogP contribution in [0.4, 0.5) is 0 Å². The van der Waals surface area contributed by atoms with Gasteiger partial charge in [0.1, 0.15) is 0 Å². The van der Waals surface area contributed by atoms with Gasteiger partial charge in [0.15, 0.2) is 0 Å². The van der Waals surface area contributed by atoms with Crippen LogP contribution in [0.25, 0.3) is 0 Å². The van der Waals surface area contributed by atoms with Gasteiger partial charge in [-0.2, -0.15) is 0 Å². The van der Waals surface area contributed by atoms with E-state index in [1.807, 2.05) is 29.9 Å². The van der Waals surface area contributed by atoms with Crippen LogP contribution >= 0.6 is 9.24 Å². The van der Waals surface area contributed by atoms with E-state index in [1.165, 1.54) is 5.44 Å². The molecule has 0 radical (unpaired) electrons. The van der Waals surface area contributed by atoms with Gasteiger partial charge in [-0.15, -0.1) is 0 Å². The predicted octanol–water partition coefficient (Wildman–Crippen LogP) is 0.525. The van der Waals surface area contributed by atoms with Crippen molar-refractivity contribution >= 4 is 14.7 Å². The van der Waals surface area contributed by atoms with Crippen molar-refractivity contribution in [2.75, 3.05) is 0 Å². The Hall–Kier alpha value is -0.290. The maximum atomic E-state index is 2.64. The summed E-state index contributed by atoms with van der Waals surface area (Å²) in [4.78, 5) is 0. The van der Waals surface area contributed by atoms with Crippen LogP contribution in [0.1, 0.15) is 0 Å². The van der Waals surface area contributed by atoms with Crippen LogP contribution in [0.2, 0.25) is 0 Å². The topological polar surface area (TPSA) is 4.93 Å². The number of nitrogens with zero attached hydrogens (tertiary/aromatic N) is 1. The van der Waals surface area contributed by atoms with Gasteiger partial charge in [0.05, 0.1) is 0 Å². The van der Waals surface area contributed by atoms with E-state index in [4.69, 9.17) is 0 Å². The molecule has 0 aliphatic heterocycles. The van der Waals surface area contributed by atoms with Gasteiger partial charge in [0, 0.05) is 18.7 Å². The second-order valence-electron chi connectivity index (χ2n) is 1.54. The number of hydrogen-bond donors (Lipinski definition) is 0. The maximum absolute atomic E-state index is 2.64. The summed E-state index contributed by atoms with van der Waals surface area (Å²) in [5.74, 6) is 0. The molecule has 38 valence electrons. The van der Waals surface area contributed by atoms with Gasteiger partial charge in [-0.3, -0.25) is 0 Å². The molecule has 1 atom stereocenters. The Morgan fingerprint density at radius 2 is 2.43 bits per heavy atom. The summed E-state index contributed by atoms with van der Waals surface area (Å²) < 4.78 is 2.05. The monoisotopic (exact) mass is 113 g/mol. The fourth-order valence-electron chi connectivity index (χ4n) is 0.474. The molecule has 0 spiro atoms. The quantitative estimate of drug-likeness (QED) is 0.432. The van der Waals surface area contributed by atoms with E-state index >= 15 is 0 Å².